The van der Waals surface area contributed by atoms with Crippen molar-refractivity contribution in [1.29, 1.82) is 0 Å². The molecule has 2 aromatic carbocycles. The number of nitrogens with one attached hydrogen (secondary N) is 2. The van der Waals surface area contributed by atoms with E-state index in [0.717, 1.165) is 5.56 Å². The van der Waals surface area contributed by atoms with E-state index in [0.29, 0.717) is 38.7 Å². The molecule has 0 aliphatic heterocycles. The van der Waals surface area contributed by atoms with E-state index < -0.39 is 0 Å². The zero-order chi connectivity index (χ0) is 16.8. The summed E-state index contributed by atoms with van der Waals surface area (Å²) in [5, 5.41) is 7.87. The molecule has 0 spiro atoms. The second-order valence-corrected chi connectivity index (χ2v) is 6.50. The molecule has 7 heteroatoms. The fraction of sp³-hybridized carbons (Fsp3) is 0.188. The smallest absolute Gasteiger partial charge is 0.238 e. The van der Waals surface area contributed by atoms with Crippen LogP contribution in [0.5, 0.6) is 0 Å². The minimum absolute atomic E-state index is 0.161. The van der Waals surface area contributed by atoms with Crippen molar-refractivity contribution >= 4 is 58.0 Å². The molecule has 0 bridgehead atoms. The van der Waals surface area contributed by atoms with E-state index in [1.165, 1.54) is 0 Å². The van der Waals surface area contributed by atoms with Gasteiger partial charge in [-0.1, -0.05) is 52.5 Å². The number of carbonyl (C=O) groups excluding carboxylic acids is 1. The Morgan fingerprint density at radius 1 is 0.913 bits per heavy atom. The van der Waals surface area contributed by atoms with E-state index in [1.807, 2.05) is 6.07 Å². The summed E-state index contributed by atoms with van der Waals surface area (Å²) in [4.78, 5) is 11.8. The monoisotopic (exact) mass is 390 g/mol. The lowest BCUT2D eigenvalue weighted by molar-refractivity contribution is -0.115. The molecule has 0 heterocycles. The van der Waals surface area contributed by atoms with Gasteiger partial charge in [-0.3, -0.25) is 4.79 Å². The zero-order valence-corrected chi connectivity index (χ0v) is 15.0. The normalized spacial score (nSPS) is 10.6. The van der Waals surface area contributed by atoms with Gasteiger partial charge < -0.3 is 10.6 Å². The van der Waals surface area contributed by atoms with Crippen molar-refractivity contribution in [3.05, 3.63) is 62.1 Å². The minimum atomic E-state index is -0.161. The summed E-state index contributed by atoms with van der Waals surface area (Å²) in [6, 6.07) is 10.3. The quantitative estimate of drug-likeness (QED) is 0.674. The fourth-order valence-electron chi connectivity index (χ4n) is 1.93. The Labute approximate surface area is 154 Å². The Balaban J connectivity index is 1.75. The Hall–Kier alpha value is -0.970. The number of amides is 1. The highest BCUT2D eigenvalue weighted by Gasteiger charge is 2.05. The molecule has 2 N–H and O–H groups in total. The Kier molecular flexibility index (Phi) is 7.00. The van der Waals surface area contributed by atoms with Gasteiger partial charge in [-0.25, -0.2) is 0 Å². The van der Waals surface area contributed by atoms with Crippen LogP contribution < -0.4 is 10.6 Å². The van der Waals surface area contributed by atoms with Gasteiger partial charge in [0.25, 0.3) is 0 Å². The van der Waals surface area contributed by atoms with E-state index in [2.05, 4.69) is 10.6 Å². The highest BCUT2D eigenvalue weighted by molar-refractivity contribution is 6.42. The predicted octanol–water partition coefficient (Wildman–Crippen LogP) is 5.07. The summed E-state index contributed by atoms with van der Waals surface area (Å²) in [6.45, 7) is 0.807. The lowest BCUT2D eigenvalue weighted by Gasteiger charge is -2.08. The lowest BCUT2D eigenvalue weighted by Crippen LogP contribution is -2.29. The largest absolute Gasteiger partial charge is 0.325 e. The van der Waals surface area contributed by atoms with Crippen LogP contribution in [0.25, 0.3) is 0 Å². The van der Waals surface area contributed by atoms with Crippen molar-refractivity contribution in [3.8, 4) is 0 Å². The third-order valence-electron chi connectivity index (χ3n) is 3.08. The molecule has 2 aromatic rings. The second-order valence-electron chi connectivity index (χ2n) is 4.84. The number of hydrogen-bond donors (Lipinski definition) is 2. The van der Waals surface area contributed by atoms with E-state index in [-0.39, 0.29) is 12.5 Å². The van der Waals surface area contributed by atoms with Gasteiger partial charge in [-0.05, 0) is 48.9 Å². The number of carbonyl (C=O) groups is 1. The molecule has 0 atom stereocenters. The third-order valence-corrected chi connectivity index (χ3v) is 4.40. The molecule has 0 aromatic heterocycles. The fourth-order valence-corrected chi connectivity index (χ4v) is 2.73. The third kappa shape index (κ3) is 5.87. The van der Waals surface area contributed by atoms with Crippen LogP contribution in [0.15, 0.2) is 36.4 Å². The van der Waals surface area contributed by atoms with Gasteiger partial charge in [0.1, 0.15) is 0 Å². The molecule has 0 saturated heterocycles. The molecular formula is C16H14Cl4N2O. The summed E-state index contributed by atoms with van der Waals surface area (Å²) in [5.74, 6) is -0.161. The van der Waals surface area contributed by atoms with Crippen molar-refractivity contribution < 1.29 is 4.79 Å². The van der Waals surface area contributed by atoms with E-state index >= 15 is 0 Å². The molecule has 23 heavy (non-hydrogen) atoms. The maximum atomic E-state index is 11.8. The van der Waals surface area contributed by atoms with E-state index in [9.17, 15) is 4.79 Å². The van der Waals surface area contributed by atoms with Crippen molar-refractivity contribution in [2.45, 2.75) is 6.42 Å². The predicted molar refractivity (Wildman–Crippen MR) is 98.1 cm³/mol. The topological polar surface area (TPSA) is 41.1 Å². The van der Waals surface area contributed by atoms with Gasteiger partial charge in [0.05, 0.1) is 16.6 Å². The Morgan fingerprint density at radius 3 is 2.39 bits per heavy atom. The van der Waals surface area contributed by atoms with E-state index in [1.54, 1.807) is 30.3 Å². The molecule has 0 unspecified atom stereocenters. The Morgan fingerprint density at radius 2 is 1.70 bits per heavy atom. The first-order chi connectivity index (χ1) is 11.0. The van der Waals surface area contributed by atoms with Crippen molar-refractivity contribution in [3.63, 3.8) is 0 Å². The summed E-state index contributed by atoms with van der Waals surface area (Å²) < 4.78 is 0. The van der Waals surface area contributed by atoms with Crippen LogP contribution in [0, 0.1) is 0 Å². The van der Waals surface area contributed by atoms with Gasteiger partial charge in [-0.2, -0.15) is 0 Å². The number of anilines is 1. The van der Waals surface area contributed by atoms with Gasteiger partial charge in [-0.15, -0.1) is 0 Å². The average Bonchev–Trinajstić information content (AvgIpc) is 2.49. The standard InChI is InChI=1S/C16H14Cl4N2O/c17-11-2-1-10(14(19)7-11)5-6-21-9-16(23)22-12-3-4-13(18)15(20)8-12/h1-4,7-8,21H,5-6,9H2,(H,22,23). The molecule has 0 aliphatic carbocycles. The van der Waals surface area contributed by atoms with Crippen LogP contribution in [0.3, 0.4) is 0 Å². The van der Waals surface area contributed by atoms with Crippen LogP contribution in [0.1, 0.15) is 5.56 Å². The first-order valence-electron chi connectivity index (χ1n) is 6.85. The highest BCUT2D eigenvalue weighted by atomic mass is 35.5. The van der Waals surface area contributed by atoms with Gasteiger partial charge >= 0.3 is 0 Å². The van der Waals surface area contributed by atoms with Gasteiger partial charge in [0.15, 0.2) is 0 Å². The second kappa shape index (κ2) is 8.76. The maximum Gasteiger partial charge on any atom is 0.238 e. The molecule has 0 aliphatic rings. The number of halogens is 4. The van der Waals surface area contributed by atoms with Crippen LogP contribution in [0.4, 0.5) is 5.69 Å². The summed E-state index contributed by atoms with van der Waals surface area (Å²) >= 11 is 23.7. The maximum absolute atomic E-state index is 11.8. The van der Waals surface area contributed by atoms with E-state index in [4.69, 9.17) is 46.4 Å². The van der Waals surface area contributed by atoms with Crippen LogP contribution in [-0.4, -0.2) is 19.0 Å². The molecule has 3 nitrogen and oxygen atoms in total. The first kappa shape index (κ1) is 18.4. The molecular weight excluding hydrogens is 378 g/mol. The molecule has 122 valence electrons. The average molecular weight is 392 g/mol. The molecule has 2 rings (SSSR count). The van der Waals surface area contributed by atoms with Crippen molar-refractivity contribution in [1.82, 2.24) is 5.32 Å². The SMILES string of the molecule is O=C(CNCCc1ccc(Cl)cc1Cl)Nc1ccc(Cl)c(Cl)c1. The summed E-state index contributed by atoms with van der Waals surface area (Å²) in [5.41, 5.74) is 1.58. The van der Waals surface area contributed by atoms with Crippen LogP contribution in [0.2, 0.25) is 20.1 Å². The van der Waals surface area contributed by atoms with Gasteiger partial charge in [0, 0.05) is 15.7 Å². The number of hydrogen-bond acceptors (Lipinski definition) is 2. The Bertz CT molecular complexity index is 706. The van der Waals surface area contributed by atoms with Gasteiger partial charge in [0.2, 0.25) is 5.91 Å². The summed E-state index contributed by atoms with van der Waals surface area (Å²) in [6.07, 6.45) is 0.704. The minimum Gasteiger partial charge on any atom is -0.325 e. The number of benzene rings is 2. The first-order valence-corrected chi connectivity index (χ1v) is 8.36. The molecule has 0 radical (unpaired) electrons. The highest BCUT2D eigenvalue weighted by Crippen LogP contribution is 2.25. The lowest BCUT2D eigenvalue weighted by atomic mass is 10.1. The number of rotatable bonds is 6. The molecule has 1 amide bonds. The zero-order valence-electron chi connectivity index (χ0n) is 12.0. The molecule has 0 saturated carbocycles. The van der Waals surface area contributed by atoms with Crippen molar-refractivity contribution in [2.75, 3.05) is 18.4 Å². The van der Waals surface area contributed by atoms with Crippen molar-refractivity contribution in [2.24, 2.45) is 0 Å². The summed E-state index contributed by atoms with van der Waals surface area (Å²) in [7, 11) is 0. The van der Waals surface area contributed by atoms with Crippen LogP contribution >= 0.6 is 46.4 Å². The van der Waals surface area contributed by atoms with Crippen LogP contribution in [-0.2, 0) is 11.2 Å². The molecule has 0 fully saturated rings.